The second kappa shape index (κ2) is 7.95. The van der Waals surface area contributed by atoms with E-state index in [9.17, 15) is 9.59 Å². The predicted molar refractivity (Wildman–Crippen MR) is 91.8 cm³/mol. The van der Waals surface area contributed by atoms with Gasteiger partial charge in [-0.05, 0) is 25.0 Å². The first-order valence-corrected chi connectivity index (χ1v) is 8.36. The van der Waals surface area contributed by atoms with Crippen LogP contribution < -0.4 is 0 Å². The van der Waals surface area contributed by atoms with Crippen molar-refractivity contribution < 1.29 is 9.59 Å². The molecule has 22 heavy (non-hydrogen) atoms. The van der Waals surface area contributed by atoms with Gasteiger partial charge in [0.2, 0.25) is 0 Å². The van der Waals surface area contributed by atoms with E-state index >= 15 is 0 Å². The van der Waals surface area contributed by atoms with Crippen LogP contribution in [0.4, 0.5) is 0 Å². The minimum absolute atomic E-state index is 0.0677. The first-order chi connectivity index (χ1) is 10.6. The van der Waals surface area contributed by atoms with Crippen LogP contribution in [0.3, 0.4) is 0 Å². The van der Waals surface area contributed by atoms with Crippen molar-refractivity contribution >= 4 is 23.3 Å². The fraction of sp³-hybridized carbons (Fsp3) is 0.263. The Morgan fingerprint density at radius 2 is 1.36 bits per heavy atom. The number of ketones is 2. The second-order valence-electron chi connectivity index (χ2n) is 5.33. The van der Waals surface area contributed by atoms with Gasteiger partial charge in [-0.2, -0.15) is 0 Å². The maximum Gasteiger partial charge on any atom is 0.141 e. The number of hydrogen-bond acceptors (Lipinski definition) is 3. The highest BCUT2D eigenvalue weighted by Gasteiger charge is 2.31. The molecule has 0 saturated carbocycles. The third-order valence-corrected chi connectivity index (χ3v) is 4.98. The zero-order valence-electron chi connectivity index (χ0n) is 12.9. The van der Waals surface area contributed by atoms with Crippen molar-refractivity contribution in [3.63, 3.8) is 0 Å². The van der Waals surface area contributed by atoms with E-state index in [1.54, 1.807) is 11.8 Å². The Hall–Kier alpha value is -1.87. The highest BCUT2D eigenvalue weighted by molar-refractivity contribution is 7.98. The zero-order valence-corrected chi connectivity index (χ0v) is 13.7. The zero-order chi connectivity index (χ0) is 15.9. The Labute approximate surface area is 135 Å². The quantitative estimate of drug-likeness (QED) is 0.708. The van der Waals surface area contributed by atoms with Crippen LogP contribution in [0, 0.1) is 5.92 Å². The SMILES string of the molecule is CC(=O)C(C(C)=O)[C@H](SCc1ccccc1)c1ccccc1. The number of carbonyl (C=O) groups is 2. The van der Waals surface area contributed by atoms with E-state index in [1.807, 2.05) is 48.5 Å². The van der Waals surface area contributed by atoms with Crippen molar-refractivity contribution in [2.24, 2.45) is 5.92 Å². The molecule has 0 fully saturated rings. The van der Waals surface area contributed by atoms with Crippen molar-refractivity contribution in [3.8, 4) is 0 Å². The Bertz CT molecular complexity index is 608. The van der Waals surface area contributed by atoms with Crippen molar-refractivity contribution in [2.45, 2.75) is 24.9 Å². The Morgan fingerprint density at radius 1 is 0.864 bits per heavy atom. The maximum absolute atomic E-state index is 12.0. The number of Topliss-reactive ketones (excluding diaryl/α,β-unsaturated/α-hetero) is 2. The fourth-order valence-corrected chi connectivity index (χ4v) is 3.99. The molecule has 0 saturated heterocycles. The van der Waals surface area contributed by atoms with E-state index in [0.717, 1.165) is 11.3 Å². The molecule has 0 aromatic heterocycles. The molecule has 0 N–H and O–H groups in total. The van der Waals surface area contributed by atoms with E-state index in [4.69, 9.17) is 0 Å². The average Bonchev–Trinajstić information content (AvgIpc) is 2.52. The normalized spacial score (nSPS) is 12.1. The van der Waals surface area contributed by atoms with Gasteiger partial charge in [-0.1, -0.05) is 60.7 Å². The van der Waals surface area contributed by atoms with Crippen LogP contribution in [0.15, 0.2) is 60.7 Å². The fourth-order valence-electron chi connectivity index (χ4n) is 2.50. The van der Waals surface area contributed by atoms with Crippen LogP contribution in [0.1, 0.15) is 30.2 Å². The molecule has 0 unspecified atom stereocenters. The third kappa shape index (κ3) is 4.31. The number of thioether (sulfide) groups is 1. The highest BCUT2D eigenvalue weighted by atomic mass is 32.2. The molecule has 0 aliphatic carbocycles. The Morgan fingerprint density at radius 3 is 1.86 bits per heavy atom. The predicted octanol–water partition coefficient (Wildman–Crippen LogP) is 4.46. The Balaban J connectivity index is 2.25. The van der Waals surface area contributed by atoms with Crippen LogP contribution in [0.5, 0.6) is 0 Å². The van der Waals surface area contributed by atoms with Gasteiger partial charge >= 0.3 is 0 Å². The summed E-state index contributed by atoms with van der Waals surface area (Å²) in [7, 11) is 0. The molecule has 114 valence electrons. The summed E-state index contributed by atoms with van der Waals surface area (Å²) in [6, 6.07) is 19.9. The smallest absolute Gasteiger partial charge is 0.141 e. The van der Waals surface area contributed by atoms with Gasteiger partial charge in [0, 0.05) is 11.0 Å². The molecule has 2 aromatic carbocycles. The summed E-state index contributed by atoms with van der Waals surface area (Å²) in [5.41, 5.74) is 2.22. The first-order valence-electron chi connectivity index (χ1n) is 7.31. The van der Waals surface area contributed by atoms with Gasteiger partial charge in [-0.25, -0.2) is 0 Å². The second-order valence-corrected chi connectivity index (χ2v) is 6.46. The summed E-state index contributed by atoms with van der Waals surface area (Å²) in [5.74, 6) is 0.0530. The van der Waals surface area contributed by atoms with Crippen LogP contribution in [-0.2, 0) is 15.3 Å². The van der Waals surface area contributed by atoms with E-state index < -0.39 is 5.92 Å². The monoisotopic (exact) mass is 312 g/mol. The summed E-state index contributed by atoms with van der Waals surface area (Å²) in [6.45, 7) is 3.01. The topological polar surface area (TPSA) is 34.1 Å². The lowest BCUT2D eigenvalue weighted by Crippen LogP contribution is -2.25. The van der Waals surface area contributed by atoms with E-state index in [0.29, 0.717) is 0 Å². The van der Waals surface area contributed by atoms with Crippen molar-refractivity contribution in [2.75, 3.05) is 0 Å². The lowest BCUT2D eigenvalue weighted by atomic mass is 9.92. The van der Waals surface area contributed by atoms with Crippen molar-refractivity contribution in [3.05, 3.63) is 71.8 Å². The standard InChI is InChI=1S/C19H20O2S/c1-14(20)18(15(2)21)19(17-11-7-4-8-12-17)22-13-16-9-5-3-6-10-16/h3-12,18-19H,13H2,1-2H3/t19-/m1/s1. The molecular weight excluding hydrogens is 292 g/mol. The van der Waals surface area contributed by atoms with Crippen LogP contribution in [0.25, 0.3) is 0 Å². The molecule has 2 aromatic rings. The van der Waals surface area contributed by atoms with E-state index in [2.05, 4.69) is 12.1 Å². The lowest BCUT2D eigenvalue weighted by Gasteiger charge is -2.23. The molecule has 0 radical (unpaired) electrons. The van der Waals surface area contributed by atoms with Gasteiger partial charge in [-0.3, -0.25) is 9.59 Å². The van der Waals surface area contributed by atoms with Gasteiger partial charge in [0.1, 0.15) is 11.6 Å². The molecule has 0 amide bonds. The van der Waals surface area contributed by atoms with E-state index in [-0.39, 0.29) is 16.8 Å². The summed E-state index contributed by atoms with van der Waals surface area (Å²) < 4.78 is 0. The van der Waals surface area contributed by atoms with Crippen LogP contribution in [-0.4, -0.2) is 11.6 Å². The molecule has 3 heteroatoms. The van der Waals surface area contributed by atoms with Crippen LogP contribution in [0.2, 0.25) is 0 Å². The molecule has 0 aliphatic rings. The van der Waals surface area contributed by atoms with E-state index in [1.165, 1.54) is 19.4 Å². The largest absolute Gasteiger partial charge is 0.299 e. The highest BCUT2D eigenvalue weighted by Crippen LogP contribution is 2.38. The van der Waals surface area contributed by atoms with Crippen LogP contribution >= 0.6 is 11.8 Å². The summed E-state index contributed by atoms with van der Waals surface area (Å²) in [4.78, 5) is 24.0. The summed E-state index contributed by atoms with van der Waals surface area (Å²) in [6.07, 6.45) is 0. The average molecular weight is 312 g/mol. The van der Waals surface area contributed by atoms with Gasteiger partial charge in [0.05, 0.1) is 5.92 Å². The molecule has 0 spiro atoms. The molecule has 0 heterocycles. The summed E-state index contributed by atoms with van der Waals surface area (Å²) >= 11 is 1.65. The lowest BCUT2D eigenvalue weighted by molar-refractivity contribution is -0.130. The number of carbonyl (C=O) groups excluding carboxylic acids is 2. The number of hydrogen-bond donors (Lipinski definition) is 0. The molecule has 1 atom stereocenters. The molecule has 2 nitrogen and oxygen atoms in total. The van der Waals surface area contributed by atoms with Gasteiger partial charge < -0.3 is 0 Å². The van der Waals surface area contributed by atoms with Crippen molar-refractivity contribution in [1.82, 2.24) is 0 Å². The number of rotatable bonds is 7. The molecule has 0 aliphatic heterocycles. The maximum atomic E-state index is 12.0. The molecule has 0 bridgehead atoms. The third-order valence-electron chi connectivity index (χ3n) is 3.58. The van der Waals surface area contributed by atoms with Crippen molar-refractivity contribution in [1.29, 1.82) is 0 Å². The minimum atomic E-state index is -0.587. The summed E-state index contributed by atoms with van der Waals surface area (Å²) in [5, 5.41) is -0.142. The molecule has 2 rings (SSSR count). The van der Waals surface area contributed by atoms with Gasteiger partial charge in [0.25, 0.3) is 0 Å². The first kappa shape index (κ1) is 16.5. The number of benzene rings is 2. The Kier molecular flexibility index (Phi) is 5.96. The van der Waals surface area contributed by atoms with Gasteiger partial charge in [-0.15, -0.1) is 11.8 Å². The minimum Gasteiger partial charge on any atom is -0.299 e. The van der Waals surface area contributed by atoms with Gasteiger partial charge in [0.15, 0.2) is 0 Å². The molecular formula is C19H20O2S.